The summed E-state index contributed by atoms with van der Waals surface area (Å²) in [7, 11) is 0. The standard InChI is InChI=1S/C24H26FN/c1-3-5-7-18-8-15-23(24(25)16-18)20-11-9-19(10-12-20)21-13-14-22(6-4-2)26-17-21/h8-17H,3-7H2,1-2H3. The van der Waals surface area contributed by atoms with Crippen LogP contribution in [0.1, 0.15) is 44.4 Å². The van der Waals surface area contributed by atoms with Gasteiger partial charge in [-0.25, -0.2) is 4.39 Å². The van der Waals surface area contributed by atoms with Crippen molar-refractivity contribution in [3.63, 3.8) is 0 Å². The minimum atomic E-state index is -0.142. The second kappa shape index (κ2) is 8.75. The van der Waals surface area contributed by atoms with Crippen LogP contribution in [0.15, 0.2) is 60.8 Å². The Labute approximate surface area is 155 Å². The first kappa shape index (κ1) is 18.3. The van der Waals surface area contributed by atoms with Gasteiger partial charge in [-0.3, -0.25) is 4.98 Å². The number of rotatable bonds is 7. The van der Waals surface area contributed by atoms with E-state index in [0.717, 1.165) is 60.1 Å². The summed E-state index contributed by atoms with van der Waals surface area (Å²) in [6.07, 6.45) is 7.19. The average Bonchev–Trinajstić information content (AvgIpc) is 2.68. The molecule has 1 heterocycles. The third-order valence-electron chi connectivity index (χ3n) is 4.71. The van der Waals surface area contributed by atoms with Gasteiger partial charge in [-0.1, -0.05) is 69.2 Å². The number of unbranched alkanes of at least 4 members (excludes halogenated alkanes) is 1. The molecule has 2 aromatic carbocycles. The fourth-order valence-electron chi connectivity index (χ4n) is 3.17. The Balaban J connectivity index is 1.79. The van der Waals surface area contributed by atoms with Crippen molar-refractivity contribution in [1.82, 2.24) is 4.98 Å². The van der Waals surface area contributed by atoms with Gasteiger partial charge < -0.3 is 0 Å². The third kappa shape index (κ3) is 4.37. The molecule has 0 atom stereocenters. The Morgan fingerprint density at radius 1 is 0.769 bits per heavy atom. The number of halogens is 1. The van der Waals surface area contributed by atoms with E-state index in [2.05, 4.69) is 31.0 Å². The van der Waals surface area contributed by atoms with Gasteiger partial charge in [0.15, 0.2) is 0 Å². The summed E-state index contributed by atoms with van der Waals surface area (Å²) in [5, 5.41) is 0. The Morgan fingerprint density at radius 2 is 1.50 bits per heavy atom. The molecule has 0 radical (unpaired) electrons. The number of hydrogen-bond donors (Lipinski definition) is 0. The zero-order valence-electron chi connectivity index (χ0n) is 15.6. The molecule has 1 nitrogen and oxygen atoms in total. The molecule has 0 saturated carbocycles. The molecule has 0 spiro atoms. The van der Waals surface area contributed by atoms with Gasteiger partial charge in [0.05, 0.1) is 0 Å². The number of aryl methyl sites for hydroxylation is 2. The molecule has 0 N–H and O–H groups in total. The van der Waals surface area contributed by atoms with Crippen LogP contribution in [-0.4, -0.2) is 4.98 Å². The molecule has 26 heavy (non-hydrogen) atoms. The molecule has 134 valence electrons. The van der Waals surface area contributed by atoms with Crippen molar-refractivity contribution in [3.8, 4) is 22.3 Å². The molecule has 0 unspecified atom stereocenters. The maximum absolute atomic E-state index is 14.5. The fraction of sp³-hybridized carbons (Fsp3) is 0.292. The van der Waals surface area contributed by atoms with Crippen LogP contribution in [0.2, 0.25) is 0 Å². The molecule has 0 bridgehead atoms. The topological polar surface area (TPSA) is 12.9 Å². The van der Waals surface area contributed by atoms with Crippen LogP contribution in [0.5, 0.6) is 0 Å². The normalized spacial score (nSPS) is 10.9. The number of pyridine rings is 1. The first-order chi connectivity index (χ1) is 12.7. The second-order valence-corrected chi connectivity index (χ2v) is 6.78. The lowest BCUT2D eigenvalue weighted by molar-refractivity contribution is 0.627. The largest absolute Gasteiger partial charge is 0.261 e. The van der Waals surface area contributed by atoms with Gasteiger partial charge in [0, 0.05) is 23.0 Å². The summed E-state index contributed by atoms with van der Waals surface area (Å²) in [6.45, 7) is 4.31. The van der Waals surface area contributed by atoms with Gasteiger partial charge in [-0.05, 0) is 48.1 Å². The van der Waals surface area contributed by atoms with Crippen LogP contribution in [0, 0.1) is 5.82 Å². The van der Waals surface area contributed by atoms with Crippen LogP contribution >= 0.6 is 0 Å². The van der Waals surface area contributed by atoms with Crippen molar-refractivity contribution >= 4 is 0 Å². The zero-order chi connectivity index (χ0) is 18.4. The van der Waals surface area contributed by atoms with E-state index >= 15 is 0 Å². The maximum atomic E-state index is 14.5. The van der Waals surface area contributed by atoms with Gasteiger partial charge >= 0.3 is 0 Å². The van der Waals surface area contributed by atoms with E-state index in [4.69, 9.17) is 0 Å². The van der Waals surface area contributed by atoms with E-state index in [1.807, 2.05) is 42.6 Å². The number of aromatic nitrogens is 1. The Bertz CT molecular complexity index is 835. The minimum absolute atomic E-state index is 0.142. The first-order valence-electron chi connectivity index (χ1n) is 9.55. The summed E-state index contributed by atoms with van der Waals surface area (Å²) in [5.41, 5.74) is 5.95. The maximum Gasteiger partial charge on any atom is 0.131 e. The summed E-state index contributed by atoms with van der Waals surface area (Å²) in [4.78, 5) is 4.51. The molecular weight excluding hydrogens is 321 g/mol. The lowest BCUT2D eigenvalue weighted by Crippen LogP contribution is -1.91. The number of hydrogen-bond acceptors (Lipinski definition) is 1. The molecule has 0 aliphatic heterocycles. The summed E-state index contributed by atoms with van der Waals surface area (Å²) in [6, 6.07) is 17.9. The quantitative estimate of drug-likeness (QED) is 0.455. The van der Waals surface area contributed by atoms with Crippen molar-refractivity contribution in [2.24, 2.45) is 0 Å². The number of nitrogens with zero attached hydrogens (tertiary/aromatic N) is 1. The zero-order valence-corrected chi connectivity index (χ0v) is 15.6. The highest BCUT2D eigenvalue weighted by Gasteiger charge is 2.07. The van der Waals surface area contributed by atoms with Crippen LogP contribution in [0.3, 0.4) is 0 Å². The van der Waals surface area contributed by atoms with Crippen molar-refractivity contribution < 1.29 is 4.39 Å². The SMILES string of the molecule is CCCCc1ccc(-c2ccc(-c3ccc(CCC)nc3)cc2)c(F)c1. The van der Waals surface area contributed by atoms with Gasteiger partial charge in [-0.2, -0.15) is 0 Å². The minimum Gasteiger partial charge on any atom is -0.261 e. The molecular formula is C24H26FN. The van der Waals surface area contributed by atoms with Crippen LogP contribution in [-0.2, 0) is 12.8 Å². The van der Waals surface area contributed by atoms with Crippen molar-refractivity contribution in [1.29, 1.82) is 0 Å². The highest BCUT2D eigenvalue weighted by Crippen LogP contribution is 2.27. The number of benzene rings is 2. The summed E-state index contributed by atoms with van der Waals surface area (Å²) in [5.74, 6) is -0.142. The van der Waals surface area contributed by atoms with E-state index in [1.54, 1.807) is 6.07 Å². The van der Waals surface area contributed by atoms with E-state index in [9.17, 15) is 4.39 Å². The molecule has 3 rings (SSSR count). The average molecular weight is 347 g/mol. The first-order valence-corrected chi connectivity index (χ1v) is 9.55. The van der Waals surface area contributed by atoms with Crippen molar-refractivity contribution in [2.45, 2.75) is 46.0 Å². The molecule has 1 aromatic heterocycles. The Kier molecular flexibility index (Phi) is 6.17. The van der Waals surface area contributed by atoms with E-state index in [1.165, 1.54) is 0 Å². The van der Waals surface area contributed by atoms with E-state index in [0.29, 0.717) is 5.56 Å². The molecule has 0 aliphatic rings. The predicted octanol–water partition coefficient (Wildman–Crippen LogP) is 6.85. The second-order valence-electron chi connectivity index (χ2n) is 6.78. The Morgan fingerprint density at radius 3 is 2.12 bits per heavy atom. The summed E-state index contributed by atoms with van der Waals surface area (Å²) >= 11 is 0. The molecule has 2 heteroatoms. The van der Waals surface area contributed by atoms with Gasteiger partial charge in [-0.15, -0.1) is 0 Å². The summed E-state index contributed by atoms with van der Waals surface area (Å²) < 4.78 is 14.5. The van der Waals surface area contributed by atoms with Crippen LogP contribution < -0.4 is 0 Å². The lowest BCUT2D eigenvalue weighted by Gasteiger charge is -2.08. The van der Waals surface area contributed by atoms with Gasteiger partial charge in [0.25, 0.3) is 0 Å². The Hall–Kier alpha value is -2.48. The van der Waals surface area contributed by atoms with Crippen molar-refractivity contribution in [2.75, 3.05) is 0 Å². The molecule has 0 aliphatic carbocycles. The van der Waals surface area contributed by atoms with Crippen molar-refractivity contribution in [3.05, 3.63) is 77.9 Å². The molecule has 3 aromatic rings. The monoisotopic (exact) mass is 347 g/mol. The fourth-order valence-corrected chi connectivity index (χ4v) is 3.17. The third-order valence-corrected chi connectivity index (χ3v) is 4.71. The van der Waals surface area contributed by atoms with Gasteiger partial charge in [0.2, 0.25) is 0 Å². The smallest absolute Gasteiger partial charge is 0.131 e. The van der Waals surface area contributed by atoms with E-state index < -0.39 is 0 Å². The molecule has 0 fully saturated rings. The van der Waals surface area contributed by atoms with Gasteiger partial charge in [0.1, 0.15) is 5.82 Å². The molecule has 0 amide bonds. The van der Waals surface area contributed by atoms with Crippen LogP contribution in [0.25, 0.3) is 22.3 Å². The van der Waals surface area contributed by atoms with Crippen LogP contribution in [0.4, 0.5) is 4.39 Å². The highest BCUT2D eigenvalue weighted by molar-refractivity contribution is 5.70. The van der Waals surface area contributed by atoms with E-state index in [-0.39, 0.29) is 5.82 Å². The predicted molar refractivity (Wildman–Crippen MR) is 108 cm³/mol. The highest BCUT2D eigenvalue weighted by atomic mass is 19.1. The lowest BCUT2D eigenvalue weighted by atomic mass is 9.98. The molecule has 0 saturated heterocycles.